The summed E-state index contributed by atoms with van der Waals surface area (Å²) in [6, 6.07) is 18.2. The molecular weight excluding hydrogens is 272 g/mol. The molecule has 0 fully saturated rings. The molecule has 0 spiro atoms. The SMILES string of the molecule is Cc1nn(-c2ccccc2)c(C)c1-c1nc2ccccc2[nH]1. The maximum Gasteiger partial charge on any atom is 0.142 e. The number of hydrogen-bond acceptors (Lipinski definition) is 2. The zero-order chi connectivity index (χ0) is 15.1. The smallest absolute Gasteiger partial charge is 0.142 e. The van der Waals surface area contributed by atoms with Crippen LogP contribution in [0.25, 0.3) is 28.1 Å². The Morgan fingerprint density at radius 2 is 1.64 bits per heavy atom. The molecule has 2 heterocycles. The Hall–Kier alpha value is -2.88. The van der Waals surface area contributed by atoms with Gasteiger partial charge in [0.15, 0.2) is 0 Å². The van der Waals surface area contributed by atoms with E-state index in [0.717, 1.165) is 39.5 Å². The highest BCUT2D eigenvalue weighted by atomic mass is 15.3. The number of benzene rings is 2. The van der Waals surface area contributed by atoms with Crippen molar-refractivity contribution in [2.24, 2.45) is 0 Å². The number of rotatable bonds is 2. The van der Waals surface area contributed by atoms with Crippen LogP contribution in [0.4, 0.5) is 0 Å². The van der Waals surface area contributed by atoms with Gasteiger partial charge in [-0.25, -0.2) is 9.67 Å². The van der Waals surface area contributed by atoms with Crippen molar-refractivity contribution < 1.29 is 0 Å². The van der Waals surface area contributed by atoms with Crippen molar-refractivity contribution in [3.8, 4) is 17.1 Å². The molecule has 4 heteroatoms. The molecule has 0 bridgehead atoms. The Morgan fingerprint density at radius 1 is 0.909 bits per heavy atom. The minimum atomic E-state index is 0.874. The van der Waals surface area contributed by atoms with Gasteiger partial charge in [0.1, 0.15) is 5.82 Å². The van der Waals surface area contributed by atoms with Crippen molar-refractivity contribution in [3.05, 3.63) is 66.0 Å². The average molecular weight is 288 g/mol. The highest BCUT2D eigenvalue weighted by Crippen LogP contribution is 2.28. The number of nitrogens with one attached hydrogen (secondary N) is 1. The largest absolute Gasteiger partial charge is 0.338 e. The van der Waals surface area contributed by atoms with Crippen molar-refractivity contribution in [1.29, 1.82) is 0 Å². The number of hydrogen-bond donors (Lipinski definition) is 1. The van der Waals surface area contributed by atoms with Crippen LogP contribution < -0.4 is 0 Å². The Kier molecular flexibility index (Phi) is 2.82. The van der Waals surface area contributed by atoms with E-state index >= 15 is 0 Å². The molecule has 0 aliphatic carbocycles. The van der Waals surface area contributed by atoms with E-state index in [-0.39, 0.29) is 0 Å². The van der Waals surface area contributed by atoms with Gasteiger partial charge in [-0.2, -0.15) is 5.10 Å². The summed E-state index contributed by atoms with van der Waals surface area (Å²) >= 11 is 0. The zero-order valence-corrected chi connectivity index (χ0v) is 12.5. The molecule has 0 aliphatic heterocycles. The van der Waals surface area contributed by atoms with Crippen molar-refractivity contribution in [2.45, 2.75) is 13.8 Å². The highest BCUT2D eigenvalue weighted by molar-refractivity contribution is 5.80. The Balaban J connectivity index is 1.91. The van der Waals surface area contributed by atoms with E-state index in [1.54, 1.807) is 0 Å². The molecular formula is C18H16N4. The summed E-state index contributed by atoms with van der Waals surface area (Å²) in [6.45, 7) is 4.10. The molecule has 2 aromatic carbocycles. The number of imidazole rings is 1. The van der Waals surface area contributed by atoms with Crippen LogP contribution in [-0.2, 0) is 0 Å². The third-order valence-corrected chi connectivity index (χ3v) is 3.92. The Bertz CT molecular complexity index is 915. The van der Waals surface area contributed by atoms with Gasteiger partial charge < -0.3 is 4.98 Å². The zero-order valence-electron chi connectivity index (χ0n) is 12.5. The van der Waals surface area contributed by atoms with E-state index < -0.39 is 0 Å². The van der Waals surface area contributed by atoms with Crippen LogP contribution in [0, 0.1) is 13.8 Å². The lowest BCUT2D eigenvalue weighted by Gasteiger charge is -2.04. The first kappa shape index (κ1) is 12.8. The lowest BCUT2D eigenvalue weighted by atomic mass is 10.2. The number of aryl methyl sites for hydroxylation is 1. The molecule has 0 saturated carbocycles. The molecule has 0 amide bonds. The number of fused-ring (bicyclic) bond motifs is 1. The minimum Gasteiger partial charge on any atom is -0.338 e. The van der Waals surface area contributed by atoms with Crippen LogP contribution in [0.1, 0.15) is 11.4 Å². The first-order valence-corrected chi connectivity index (χ1v) is 7.31. The van der Waals surface area contributed by atoms with Crippen molar-refractivity contribution >= 4 is 11.0 Å². The third kappa shape index (κ3) is 1.92. The van der Waals surface area contributed by atoms with Gasteiger partial charge in [-0.3, -0.25) is 0 Å². The monoisotopic (exact) mass is 288 g/mol. The summed E-state index contributed by atoms with van der Waals surface area (Å²) in [7, 11) is 0. The molecule has 0 radical (unpaired) electrons. The Labute approximate surface area is 128 Å². The van der Waals surface area contributed by atoms with Gasteiger partial charge in [-0.15, -0.1) is 0 Å². The maximum absolute atomic E-state index is 4.70. The van der Waals surface area contributed by atoms with Crippen LogP contribution in [0.2, 0.25) is 0 Å². The topological polar surface area (TPSA) is 46.5 Å². The van der Waals surface area contributed by atoms with E-state index in [1.165, 1.54) is 0 Å². The van der Waals surface area contributed by atoms with Gasteiger partial charge in [0, 0.05) is 0 Å². The molecule has 0 saturated heterocycles. The molecule has 22 heavy (non-hydrogen) atoms. The lowest BCUT2D eigenvalue weighted by Crippen LogP contribution is -1.98. The van der Waals surface area contributed by atoms with Gasteiger partial charge in [0.05, 0.1) is 33.7 Å². The molecule has 0 aliphatic rings. The second kappa shape index (κ2) is 4.84. The van der Waals surface area contributed by atoms with Crippen molar-refractivity contribution in [3.63, 3.8) is 0 Å². The van der Waals surface area contributed by atoms with Crippen LogP contribution >= 0.6 is 0 Å². The van der Waals surface area contributed by atoms with Crippen LogP contribution in [0.3, 0.4) is 0 Å². The van der Waals surface area contributed by atoms with Gasteiger partial charge in [-0.1, -0.05) is 30.3 Å². The second-order valence-corrected chi connectivity index (χ2v) is 5.40. The predicted octanol–water partition coefficient (Wildman–Crippen LogP) is 4.03. The van der Waals surface area contributed by atoms with Crippen molar-refractivity contribution in [2.75, 3.05) is 0 Å². The molecule has 1 N–H and O–H groups in total. The lowest BCUT2D eigenvalue weighted by molar-refractivity contribution is 0.834. The molecule has 0 atom stereocenters. The molecule has 4 rings (SSSR count). The van der Waals surface area contributed by atoms with Crippen molar-refractivity contribution in [1.82, 2.24) is 19.7 Å². The van der Waals surface area contributed by atoms with Crippen LogP contribution in [0.5, 0.6) is 0 Å². The van der Waals surface area contributed by atoms with Crippen LogP contribution in [-0.4, -0.2) is 19.7 Å². The molecule has 4 aromatic rings. The van der Waals surface area contributed by atoms with E-state index in [4.69, 9.17) is 4.98 Å². The molecule has 2 aromatic heterocycles. The van der Waals surface area contributed by atoms with E-state index in [9.17, 15) is 0 Å². The van der Waals surface area contributed by atoms with Gasteiger partial charge in [0.2, 0.25) is 0 Å². The second-order valence-electron chi connectivity index (χ2n) is 5.40. The fourth-order valence-electron chi connectivity index (χ4n) is 2.88. The van der Waals surface area contributed by atoms with Gasteiger partial charge in [-0.05, 0) is 38.1 Å². The summed E-state index contributed by atoms with van der Waals surface area (Å²) in [6.07, 6.45) is 0. The highest BCUT2D eigenvalue weighted by Gasteiger charge is 2.17. The number of aromatic nitrogens is 4. The fourth-order valence-corrected chi connectivity index (χ4v) is 2.88. The van der Waals surface area contributed by atoms with E-state index in [0.29, 0.717) is 0 Å². The molecule has 108 valence electrons. The van der Waals surface area contributed by atoms with E-state index in [2.05, 4.69) is 29.1 Å². The Morgan fingerprint density at radius 3 is 2.41 bits per heavy atom. The third-order valence-electron chi connectivity index (χ3n) is 3.92. The number of H-pyrrole nitrogens is 1. The normalized spacial score (nSPS) is 11.2. The first-order valence-electron chi connectivity index (χ1n) is 7.31. The number of aromatic amines is 1. The number of nitrogens with zero attached hydrogens (tertiary/aromatic N) is 3. The average Bonchev–Trinajstić information content (AvgIpc) is 3.08. The summed E-state index contributed by atoms with van der Waals surface area (Å²) in [4.78, 5) is 8.10. The van der Waals surface area contributed by atoms with Gasteiger partial charge in [0.25, 0.3) is 0 Å². The number of para-hydroxylation sites is 3. The summed E-state index contributed by atoms with van der Waals surface area (Å²) < 4.78 is 1.97. The van der Waals surface area contributed by atoms with Crippen LogP contribution in [0.15, 0.2) is 54.6 Å². The fraction of sp³-hybridized carbons (Fsp3) is 0.111. The standard InChI is InChI=1S/C18H16N4/c1-12-17(18-19-15-10-6-7-11-16(15)20-18)13(2)22(21-12)14-8-4-3-5-9-14/h3-11H,1-2H3,(H,19,20). The molecule has 4 nitrogen and oxygen atoms in total. The quantitative estimate of drug-likeness (QED) is 0.605. The van der Waals surface area contributed by atoms with Gasteiger partial charge >= 0.3 is 0 Å². The summed E-state index contributed by atoms with van der Waals surface area (Å²) in [5.41, 5.74) is 6.21. The maximum atomic E-state index is 4.70. The van der Waals surface area contributed by atoms with E-state index in [1.807, 2.05) is 54.1 Å². The first-order chi connectivity index (χ1) is 10.7. The summed E-state index contributed by atoms with van der Waals surface area (Å²) in [5, 5.41) is 4.68. The summed E-state index contributed by atoms with van der Waals surface area (Å²) in [5.74, 6) is 0.874. The minimum absolute atomic E-state index is 0.874. The predicted molar refractivity (Wildman–Crippen MR) is 88.1 cm³/mol. The molecule has 0 unspecified atom stereocenters.